The molecule has 1 aromatic carbocycles. The number of aliphatic hydroxyl groups excluding tert-OH is 1. The van der Waals surface area contributed by atoms with E-state index in [2.05, 4.69) is 5.32 Å². The summed E-state index contributed by atoms with van der Waals surface area (Å²) < 4.78 is 32.6. The summed E-state index contributed by atoms with van der Waals surface area (Å²) in [6.07, 6.45) is 1.97. The summed E-state index contributed by atoms with van der Waals surface area (Å²) in [7, 11) is 0. The van der Waals surface area contributed by atoms with E-state index in [1.807, 2.05) is 13.8 Å². The second kappa shape index (κ2) is 10.6. The molecule has 8 nitrogen and oxygen atoms in total. The summed E-state index contributed by atoms with van der Waals surface area (Å²) in [5, 5.41) is 12.8. The molecule has 33 heavy (non-hydrogen) atoms. The van der Waals surface area contributed by atoms with Crippen LogP contribution in [0.5, 0.6) is 0 Å². The summed E-state index contributed by atoms with van der Waals surface area (Å²) in [4.78, 5) is 41.3. The second-order valence-electron chi connectivity index (χ2n) is 8.00. The van der Waals surface area contributed by atoms with Crippen molar-refractivity contribution in [2.45, 2.75) is 45.5 Å². The number of allylic oxidation sites excluding steroid dienone is 1. The molecule has 10 heteroatoms. The number of ether oxygens (including phenoxy) is 1. The number of benzene rings is 1. The average Bonchev–Trinajstić information content (AvgIpc) is 2.76. The van der Waals surface area contributed by atoms with Crippen LogP contribution in [0, 0.1) is 11.6 Å². The second-order valence-corrected chi connectivity index (χ2v) is 8.00. The van der Waals surface area contributed by atoms with Gasteiger partial charge in [0, 0.05) is 48.6 Å². The Labute approximate surface area is 190 Å². The van der Waals surface area contributed by atoms with E-state index in [0.29, 0.717) is 25.6 Å². The molecule has 2 atom stereocenters. The molecule has 2 aliphatic rings. The van der Waals surface area contributed by atoms with Gasteiger partial charge in [-0.25, -0.2) is 8.78 Å². The number of rotatable bonds is 5. The Balaban J connectivity index is 1.79. The minimum absolute atomic E-state index is 0.0345. The van der Waals surface area contributed by atoms with E-state index in [9.17, 15) is 28.3 Å². The zero-order valence-corrected chi connectivity index (χ0v) is 18.5. The first-order chi connectivity index (χ1) is 15.7. The molecule has 3 rings (SSSR count). The number of halogens is 2. The minimum Gasteiger partial charge on any atom is -0.504 e. The van der Waals surface area contributed by atoms with Crippen molar-refractivity contribution < 1.29 is 33.0 Å². The fourth-order valence-corrected chi connectivity index (χ4v) is 3.77. The van der Waals surface area contributed by atoms with Crippen LogP contribution in [0.1, 0.15) is 32.3 Å². The molecule has 0 saturated carbocycles. The van der Waals surface area contributed by atoms with Gasteiger partial charge in [-0.15, -0.1) is 0 Å². The number of nitrogens with zero attached hydrogens (tertiary/aromatic N) is 2. The molecule has 0 aliphatic carbocycles. The molecule has 1 unspecified atom stereocenters. The van der Waals surface area contributed by atoms with E-state index in [4.69, 9.17) is 4.74 Å². The fraction of sp³-hybridized carbons (Fsp3) is 0.435. The minimum atomic E-state index is -0.853. The predicted octanol–water partition coefficient (Wildman–Crippen LogP) is 2.17. The maximum Gasteiger partial charge on any atom is 0.252 e. The summed E-state index contributed by atoms with van der Waals surface area (Å²) in [6.45, 7) is 4.72. The Hall–Kier alpha value is -3.27. The third kappa shape index (κ3) is 5.95. The SMILES string of the molecule is CCN1/C=C(/CC(=O)NCc2ccc(F)cc2F)C(=O)/C(O)=C/C(=O)N2C(C)CCO[C@H]2C1. The number of carbonyl (C=O) groups is 3. The molecule has 178 valence electrons. The van der Waals surface area contributed by atoms with Gasteiger partial charge in [-0.05, 0) is 26.3 Å². The molecular formula is C23H27F2N3O5. The first kappa shape index (κ1) is 24.4. The first-order valence-corrected chi connectivity index (χ1v) is 10.7. The van der Waals surface area contributed by atoms with E-state index in [0.717, 1.165) is 12.1 Å². The van der Waals surface area contributed by atoms with Gasteiger partial charge in [-0.3, -0.25) is 14.4 Å². The molecule has 0 spiro atoms. The number of ketones is 1. The molecule has 1 fully saturated rings. The highest BCUT2D eigenvalue weighted by molar-refractivity contribution is 6.11. The van der Waals surface area contributed by atoms with Crippen LogP contribution in [0.25, 0.3) is 0 Å². The lowest BCUT2D eigenvalue weighted by Gasteiger charge is -2.42. The van der Waals surface area contributed by atoms with Crippen molar-refractivity contribution >= 4 is 17.6 Å². The van der Waals surface area contributed by atoms with Crippen molar-refractivity contribution in [3.8, 4) is 0 Å². The highest BCUT2D eigenvalue weighted by Crippen LogP contribution is 2.22. The largest absolute Gasteiger partial charge is 0.504 e. The standard InChI is InChI=1S/C23H27F2N3O5/c1-3-27-12-16(8-20(30)26-11-15-4-5-17(24)9-18(15)25)23(32)19(29)10-21(31)28-14(2)6-7-33-22(28)13-27/h4-5,9-10,12,14,22,29H,3,6-8,11,13H2,1-2H3,(H,26,30)/b16-12-,19-10-/t14?,22-/m0/s1. The van der Waals surface area contributed by atoms with Crippen molar-refractivity contribution in [2.24, 2.45) is 0 Å². The molecule has 2 heterocycles. The normalized spacial score (nSPS) is 25.0. The number of fused-ring (bicyclic) bond motifs is 1. The van der Waals surface area contributed by atoms with Crippen molar-refractivity contribution in [1.82, 2.24) is 15.1 Å². The molecule has 0 radical (unpaired) electrons. The van der Waals surface area contributed by atoms with E-state index in [1.165, 1.54) is 17.2 Å². The topological polar surface area (TPSA) is 99.2 Å². The van der Waals surface area contributed by atoms with Gasteiger partial charge in [0.2, 0.25) is 11.7 Å². The van der Waals surface area contributed by atoms with Gasteiger partial charge in [0.05, 0.1) is 19.6 Å². The Morgan fingerprint density at radius 2 is 2.06 bits per heavy atom. The van der Waals surface area contributed by atoms with Crippen molar-refractivity contribution in [3.63, 3.8) is 0 Å². The van der Waals surface area contributed by atoms with Crippen LogP contribution in [0.2, 0.25) is 0 Å². The third-order valence-corrected chi connectivity index (χ3v) is 5.65. The number of likely N-dealkylation sites (N-methyl/N-ethyl adjacent to an activating group) is 1. The quantitative estimate of drug-likeness (QED) is 0.695. The van der Waals surface area contributed by atoms with Crippen molar-refractivity contribution in [2.75, 3.05) is 19.7 Å². The van der Waals surface area contributed by atoms with Crippen LogP contribution in [-0.2, 0) is 25.7 Å². The van der Waals surface area contributed by atoms with Gasteiger partial charge < -0.3 is 25.0 Å². The molecule has 2 N–H and O–H groups in total. The highest BCUT2D eigenvalue weighted by atomic mass is 19.1. The number of aliphatic hydroxyl groups is 1. The summed E-state index contributed by atoms with van der Waals surface area (Å²) in [6, 6.07) is 2.88. The Morgan fingerprint density at radius 1 is 1.30 bits per heavy atom. The van der Waals surface area contributed by atoms with E-state index < -0.39 is 47.6 Å². The monoisotopic (exact) mass is 463 g/mol. The van der Waals surface area contributed by atoms with Crippen molar-refractivity contribution in [3.05, 3.63) is 59.0 Å². The van der Waals surface area contributed by atoms with Crippen LogP contribution in [-0.4, -0.2) is 64.5 Å². The van der Waals surface area contributed by atoms with Gasteiger partial charge >= 0.3 is 0 Å². The molecule has 1 saturated heterocycles. The molecular weight excluding hydrogens is 436 g/mol. The lowest BCUT2D eigenvalue weighted by atomic mass is 10.0. The maximum absolute atomic E-state index is 13.8. The fourth-order valence-electron chi connectivity index (χ4n) is 3.77. The number of hydrogen-bond donors (Lipinski definition) is 2. The molecule has 0 aromatic heterocycles. The molecule has 0 bridgehead atoms. The zero-order chi connectivity index (χ0) is 24.1. The van der Waals surface area contributed by atoms with Gasteiger partial charge in [0.25, 0.3) is 5.91 Å². The summed E-state index contributed by atoms with van der Waals surface area (Å²) in [5.74, 6) is -4.31. The summed E-state index contributed by atoms with van der Waals surface area (Å²) in [5.41, 5.74) is 0.0518. The van der Waals surface area contributed by atoms with Crippen LogP contribution in [0.3, 0.4) is 0 Å². The number of hydrogen-bond acceptors (Lipinski definition) is 6. The lowest BCUT2D eigenvalue weighted by Crippen LogP contribution is -2.55. The average molecular weight is 463 g/mol. The molecule has 2 amide bonds. The maximum atomic E-state index is 13.8. The van der Waals surface area contributed by atoms with Crippen LogP contribution < -0.4 is 5.32 Å². The Kier molecular flexibility index (Phi) is 7.80. The molecule has 1 aromatic rings. The Bertz CT molecular complexity index is 994. The van der Waals surface area contributed by atoms with E-state index >= 15 is 0 Å². The predicted molar refractivity (Wildman–Crippen MR) is 115 cm³/mol. The highest BCUT2D eigenvalue weighted by Gasteiger charge is 2.34. The van der Waals surface area contributed by atoms with Gasteiger partial charge in [-0.2, -0.15) is 0 Å². The van der Waals surface area contributed by atoms with Crippen LogP contribution >= 0.6 is 0 Å². The van der Waals surface area contributed by atoms with Crippen LogP contribution in [0.15, 0.2) is 41.8 Å². The number of carbonyl (C=O) groups excluding carboxylic acids is 3. The van der Waals surface area contributed by atoms with Crippen LogP contribution in [0.4, 0.5) is 8.78 Å². The lowest BCUT2D eigenvalue weighted by molar-refractivity contribution is -0.160. The van der Waals surface area contributed by atoms with Gasteiger partial charge in [0.1, 0.15) is 17.9 Å². The van der Waals surface area contributed by atoms with E-state index in [1.54, 1.807) is 4.90 Å². The van der Waals surface area contributed by atoms with Gasteiger partial charge in [-0.1, -0.05) is 6.07 Å². The number of nitrogens with one attached hydrogen (secondary N) is 1. The first-order valence-electron chi connectivity index (χ1n) is 10.7. The zero-order valence-electron chi connectivity index (χ0n) is 18.5. The van der Waals surface area contributed by atoms with Crippen molar-refractivity contribution in [1.29, 1.82) is 0 Å². The molecule has 2 aliphatic heterocycles. The van der Waals surface area contributed by atoms with Gasteiger partial charge in [0.15, 0.2) is 5.76 Å². The smallest absolute Gasteiger partial charge is 0.252 e. The Morgan fingerprint density at radius 3 is 2.76 bits per heavy atom. The number of Topliss-reactive ketones (excluding diaryl/α,β-unsaturated/α-hetero) is 1. The van der Waals surface area contributed by atoms with E-state index in [-0.39, 0.29) is 30.3 Å². The summed E-state index contributed by atoms with van der Waals surface area (Å²) >= 11 is 0. The number of amides is 2. The third-order valence-electron chi connectivity index (χ3n) is 5.65.